The second-order valence-corrected chi connectivity index (χ2v) is 4.69. The predicted molar refractivity (Wildman–Crippen MR) is 66.5 cm³/mol. The van der Waals surface area contributed by atoms with E-state index in [1.54, 1.807) is 13.8 Å². The molecule has 2 atom stereocenters. The number of carbonyl (C=O) groups is 2. The van der Waals surface area contributed by atoms with Crippen LogP contribution >= 0.6 is 0 Å². The van der Waals surface area contributed by atoms with Gasteiger partial charge in [-0.2, -0.15) is 0 Å². The molecular formula is C12H24N2O3. The van der Waals surface area contributed by atoms with Gasteiger partial charge in [-0.15, -0.1) is 0 Å². The molecule has 0 aliphatic heterocycles. The molecule has 0 fully saturated rings. The van der Waals surface area contributed by atoms with Gasteiger partial charge in [0.2, 0.25) is 5.91 Å². The van der Waals surface area contributed by atoms with Crippen LogP contribution in [0.5, 0.6) is 0 Å². The zero-order chi connectivity index (χ0) is 13.4. The molecule has 0 saturated carbocycles. The number of methoxy groups -OCH3 is 1. The van der Waals surface area contributed by atoms with E-state index in [2.05, 4.69) is 15.4 Å². The SMILES string of the molecule is COC(=O)C(C)CNC(C)C(=O)NCC(C)C. The average Bonchev–Trinajstić information content (AvgIpc) is 2.31. The third-order valence-electron chi connectivity index (χ3n) is 2.41. The number of nitrogens with one attached hydrogen (secondary N) is 2. The van der Waals surface area contributed by atoms with Crippen molar-refractivity contribution in [2.75, 3.05) is 20.2 Å². The van der Waals surface area contributed by atoms with E-state index in [0.717, 1.165) is 0 Å². The highest BCUT2D eigenvalue weighted by Crippen LogP contribution is 1.96. The van der Waals surface area contributed by atoms with Crippen LogP contribution in [0.3, 0.4) is 0 Å². The Bertz CT molecular complexity index is 254. The van der Waals surface area contributed by atoms with Crippen LogP contribution in [0, 0.1) is 11.8 Å². The normalized spacial score (nSPS) is 14.2. The fourth-order valence-electron chi connectivity index (χ4n) is 1.19. The molecule has 2 unspecified atom stereocenters. The van der Waals surface area contributed by atoms with E-state index in [9.17, 15) is 9.59 Å². The van der Waals surface area contributed by atoms with Gasteiger partial charge in [0.25, 0.3) is 0 Å². The Balaban J connectivity index is 3.88. The molecule has 0 aromatic carbocycles. The van der Waals surface area contributed by atoms with Crippen LogP contribution in [0.15, 0.2) is 0 Å². The molecule has 1 amide bonds. The second kappa shape index (κ2) is 8.06. The summed E-state index contributed by atoms with van der Waals surface area (Å²) < 4.78 is 4.60. The highest BCUT2D eigenvalue weighted by Gasteiger charge is 2.17. The first-order valence-corrected chi connectivity index (χ1v) is 5.97. The number of hydrogen-bond donors (Lipinski definition) is 2. The summed E-state index contributed by atoms with van der Waals surface area (Å²) >= 11 is 0. The van der Waals surface area contributed by atoms with Gasteiger partial charge in [-0.3, -0.25) is 9.59 Å². The van der Waals surface area contributed by atoms with E-state index >= 15 is 0 Å². The molecule has 17 heavy (non-hydrogen) atoms. The van der Waals surface area contributed by atoms with Gasteiger partial charge < -0.3 is 15.4 Å². The van der Waals surface area contributed by atoms with Crippen LogP contribution in [0.2, 0.25) is 0 Å². The van der Waals surface area contributed by atoms with E-state index in [1.165, 1.54) is 7.11 Å². The lowest BCUT2D eigenvalue weighted by atomic mass is 10.1. The number of amides is 1. The van der Waals surface area contributed by atoms with Crippen molar-refractivity contribution < 1.29 is 14.3 Å². The maximum Gasteiger partial charge on any atom is 0.309 e. The largest absolute Gasteiger partial charge is 0.469 e. The summed E-state index contributed by atoms with van der Waals surface area (Å²) in [6.07, 6.45) is 0. The zero-order valence-corrected chi connectivity index (χ0v) is 11.4. The summed E-state index contributed by atoms with van der Waals surface area (Å²) in [6, 6.07) is -0.305. The summed E-state index contributed by atoms with van der Waals surface area (Å²) in [4.78, 5) is 22.8. The van der Waals surface area contributed by atoms with E-state index in [-0.39, 0.29) is 23.8 Å². The fraction of sp³-hybridized carbons (Fsp3) is 0.833. The topological polar surface area (TPSA) is 67.4 Å². The summed E-state index contributed by atoms with van der Waals surface area (Å²) in [5, 5.41) is 5.84. The van der Waals surface area contributed by atoms with E-state index in [1.807, 2.05) is 13.8 Å². The van der Waals surface area contributed by atoms with Gasteiger partial charge in [0, 0.05) is 13.1 Å². The Morgan fingerprint density at radius 2 is 1.71 bits per heavy atom. The molecule has 0 aromatic rings. The minimum Gasteiger partial charge on any atom is -0.469 e. The van der Waals surface area contributed by atoms with Crippen LogP contribution in [-0.2, 0) is 14.3 Å². The summed E-state index contributed by atoms with van der Waals surface area (Å²) in [5.41, 5.74) is 0. The van der Waals surface area contributed by atoms with Crippen LogP contribution in [0.4, 0.5) is 0 Å². The van der Waals surface area contributed by atoms with Crippen molar-refractivity contribution in [1.82, 2.24) is 10.6 Å². The number of carbonyl (C=O) groups excluding carboxylic acids is 2. The molecule has 100 valence electrons. The number of ether oxygens (including phenoxy) is 1. The lowest BCUT2D eigenvalue weighted by Gasteiger charge is -2.17. The molecule has 0 rings (SSSR count). The number of rotatable bonds is 7. The summed E-state index contributed by atoms with van der Waals surface area (Å²) in [6.45, 7) is 8.72. The van der Waals surface area contributed by atoms with Gasteiger partial charge in [-0.25, -0.2) is 0 Å². The zero-order valence-electron chi connectivity index (χ0n) is 11.4. The van der Waals surface area contributed by atoms with Crippen molar-refractivity contribution in [3.05, 3.63) is 0 Å². The van der Waals surface area contributed by atoms with E-state index in [4.69, 9.17) is 0 Å². The van der Waals surface area contributed by atoms with Gasteiger partial charge in [0.1, 0.15) is 0 Å². The molecule has 0 aliphatic rings. The van der Waals surface area contributed by atoms with Gasteiger partial charge in [0.05, 0.1) is 19.1 Å². The molecule has 0 saturated heterocycles. The van der Waals surface area contributed by atoms with Gasteiger partial charge in [-0.1, -0.05) is 20.8 Å². The van der Waals surface area contributed by atoms with E-state index < -0.39 is 0 Å². The first-order valence-electron chi connectivity index (χ1n) is 5.97. The molecule has 0 heterocycles. The lowest BCUT2D eigenvalue weighted by Crippen LogP contribution is -2.45. The Kier molecular flexibility index (Phi) is 7.54. The number of esters is 1. The molecule has 0 aromatic heterocycles. The highest BCUT2D eigenvalue weighted by molar-refractivity contribution is 5.81. The van der Waals surface area contributed by atoms with Crippen molar-refractivity contribution in [2.45, 2.75) is 33.7 Å². The molecular weight excluding hydrogens is 220 g/mol. The molecule has 5 heteroatoms. The van der Waals surface area contributed by atoms with Crippen molar-refractivity contribution >= 4 is 11.9 Å². The van der Waals surface area contributed by atoms with Crippen molar-refractivity contribution in [3.8, 4) is 0 Å². The van der Waals surface area contributed by atoms with E-state index in [0.29, 0.717) is 19.0 Å². The fourth-order valence-corrected chi connectivity index (χ4v) is 1.19. The van der Waals surface area contributed by atoms with Crippen molar-refractivity contribution in [1.29, 1.82) is 0 Å². The quantitative estimate of drug-likeness (QED) is 0.642. The minimum atomic E-state index is -0.305. The lowest BCUT2D eigenvalue weighted by molar-refractivity contribution is -0.144. The van der Waals surface area contributed by atoms with Crippen LogP contribution in [-0.4, -0.2) is 38.1 Å². The Morgan fingerprint density at radius 3 is 2.18 bits per heavy atom. The average molecular weight is 244 g/mol. The van der Waals surface area contributed by atoms with Gasteiger partial charge >= 0.3 is 5.97 Å². The standard InChI is InChI=1S/C12H24N2O3/c1-8(2)6-14-11(15)10(4)13-7-9(3)12(16)17-5/h8-10,13H,6-7H2,1-5H3,(H,14,15). The monoisotopic (exact) mass is 244 g/mol. The predicted octanol–water partition coefficient (Wildman–Crippen LogP) is 0.546. The Hall–Kier alpha value is -1.10. The maximum atomic E-state index is 11.6. The van der Waals surface area contributed by atoms with Crippen LogP contribution < -0.4 is 10.6 Å². The van der Waals surface area contributed by atoms with Crippen LogP contribution in [0.1, 0.15) is 27.7 Å². The Labute approximate surface area is 103 Å². The maximum absolute atomic E-state index is 11.6. The molecule has 0 radical (unpaired) electrons. The summed E-state index contributed by atoms with van der Waals surface area (Å²) in [7, 11) is 1.36. The molecule has 0 spiro atoms. The number of hydrogen-bond acceptors (Lipinski definition) is 4. The second-order valence-electron chi connectivity index (χ2n) is 4.69. The molecule has 0 aliphatic carbocycles. The smallest absolute Gasteiger partial charge is 0.309 e. The first-order chi connectivity index (χ1) is 7.88. The molecule has 2 N–H and O–H groups in total. The third kappa shape index (κ3) is 6.94. The highest BCUT2D eigenvalue weighted by atomic mass is 16.5. The third-order valence-corrected chi connectivity index (χ3v) is 2.41. The van der Waals surface area contributed by atoms with Gasteiger partial charge in [-0.05, 0) is 12.8 Å². The van der Waals surface area contributed by atoms with Crippen molar-refractivity contribution in [2.24, 2.45) is 11.8 Å². The Morgan fingerprint density at radius 1 is 1.12 bits per heavy atom. The molecule has 5 nitrogen and oxygen atoms in total. The molecule has 0 bridgehead atoms. The van der Waals surface area contributed by atoms with Crippen molar-refractivity contribution in [3.63, 3.8) is 0 Å². The minimum absolute atomic E-state index is 0.0456. The van der Waals surface area contributed by atoms with Gasteiger partial charge in [0.15, 0.2) is 0 Å². The first kappa shape index (κ1) is 15.9. The summed E-state index contributed by atoms with van der Waals surface area (Å²) in [5.74, 6) is -0.136. The van der Waals surface area contributed by atoms with Crippen LogP contribution in [0.25, 0.3) is 0 Å².